The quantitative estimate of drug-likeness (QED) is 0.710. The molecule has 0 saturated heterocycles. The Morgan fingerprint density at radius 2 is 1.67 bits per heavy atom. The third kappa shape index (κ3) is 3.86. The van der Waals surface area contributed by atoms with Crippen molar-refractivity contribution in [2.24, 2.45) is 0 Å². The zero-order valence-corrected chi connectivity index (χ0v) is 16.5. The molecule has 0 spiro atoms. The predicted octanol–water partition coefficient (Wildman–Crippen LogP) is 4.47. The van der Waals surface area contributed by atoms with Gasteiger partial charge in [0.15, 0.2) is 5.82 Å². The maximum Gasteiger partial charge on any atom is 0.162 e. The largest absolute Gasteiger partial charge is 0.372 e. The van der Waals surface area contributed by atoms with E-state index in [-0.39, 0.29) is 5.41 Å². The number of aromatic nitrogens is 2. The van der Waals surface area contributed by atoms with E-state index >= 15 is 0 Å². The van der Waals surface area contributed by atoms with Crippen molar-refractivity contribution in [3.63, 3.8) is 0 Å². The van der Waals surface area contributed by atoms with Crippen molar-refractivity contribution in [2.45, 2.75) is 65.4 Å². The van der Waals surface area contributed by atoms with Crippen LogP contribution in [0.4, 0.5) is 5.82 Å². The number of nitrogens with zero attached hydrogens (tertiary/aromatic N) is 2. The highest BCUT2D eigenvalue weighted by Gasteiger charge is 2.35. The molecule has 0 saturated carbocycles. The van der Waals surface area contributed by atoms with Gasteiger partial charge in [0.2, 0.25) is 0 Å². The van der Waals surface area contributed by atoms with Crippen LogP contribution in [0, 0.1) is 3.57 Å². The number of ether oxygens (including phenoxy) is 1. The van der Waals surface area contributed by atoms with Crippen LogP contribution in [0.1, 0.15) is 65.9 Å². The second-order valence-electron chi connectivity index (χ2n) is 6.19. The molecule has 0 amide bonds. The fourth-order valence-corrected chi connectivity index (χ4v) is 3.74. The molecule has 1 rings (SSSR count). The van der Waals surface area contributed by atoms with Crippen LogP contribution in [0.3, 0.4) is 0 Å². The lowest BCUT2D eigenvalue weighted by molar-refractivity contribution is -0.0573. The molecular weight excluding hydrogens is 377 g/mol. The smallest absolute Gasteiger partial charge is 0.162 e. The Labute approximate surface area is 142 Å². The summed E-state index contributed by atoms with van der Waals surface area (Å²) in [5.74, 6) is 1.68. The molecule has 21 heavy (non-hydrogen) atoms. The first kappa shape index (κ1) is 18.6. The standard InChI is InChI=1S/C16H28IN3O/c1-8-16(9-2,21-10-3)14-19-12(15(4,5)6)11(17)13(18-7)20-14/h8-10H2,1-7H3,(H,18,19,20). The second-order valence-corrected chi connectivity index (χ2v) is 7.27. The van der Waals surface area contributed by atoms with E-state index in [0.29, 0.717) is 6.61 Å². The van der Waals surface area contributed by atoms with Crippen molar-refractivity contribution in [2.75, 3.05) is 19.0 Å². The molecule has 0 aliphatic carbocycles. The molecule has 1 aromatic heterocycles. The second kappa shape index (κ2) is 7.22. The van der Waals surface area contributed by atoms with Gasteiger partial charge in [0.25, 0.3) is 0 Å². The molecule has 0 unspecified atom stereocenters. The number of rotatable bonds is 6. The summed E-state index contributed by atoms with van der Waals surface area (Å²) < 4.78 is 7.15. The molecule has 0 aliphatic rings. The number of anilines is 1. The fourth-order valence-electron chi connectivity index (χ4n) is 2.42. The van der Waals surface area contributed by atoms with Crippen LogP contribution in [-0.4, -0.2) is 23.6 Å². The Kier molecular flexibility index (Phi) is 6.40. The molecule has 0 aliphatic heterocycles. The summed E-state index contributed by atoms with van der Waals surface area (Å²) in [6, 6.07) is 0. The van der Waals surface area contributed by atoms with Gasteiger partial charge < -0.3 is 10.1 Å². The first-order valence-corrected chi connectivity index (χ1v) is 8.73. The van der Waals surface area contributed by atoms with E-state index in [4.69, 9.17) is 14.7 Å². The maximum atomic E-state index is 6.07. The summed E-state index contributed by atoms with van der Waals surface area (Å²) in [6.07, 6.45) is 1.73. The van der Waals surface area contributed by atoms with Crippen molar-refractivity contribution in [1.82, 2.24) is 9.97 Å². The Balaban J connectivity index is 3.56. The Morgan fingerprint density at radius 1 is 1.10 bits per heavy atom. The highest BCUT2D eigenvalue weighted by molar-refractivity contribution is 14.1. The molecule has 1 N–H and O–H groups in total. The van der Waals surface area contributed by atoms with Crippen LogP contribution in [0.25, 0.3) is 0 Å². The van der Waals surface area contributed by atoms with Crippen LogP contribution in [0.5, 0.6) is 0 Å². The molecule has 0 fully saturated rings. The average molecular weight is 405 g/mol. The van der Waals surface area contributed by atoms with Crippen LogP contribution in [-0.2, 0) is 15.8 Å². The first-order valence-electron chi connectivity index (χ1n) is 7.65. The van der Waals surface area contributed by atoms with Gasteiger partial charge in [-0.15, -0.1) is 0 Å². The normalized spacial score (nSPS) is 12.6. The maximum absolute atomic E-state index is 6.07. The van der Waals surface area contributed by atoms with E-state index in [1.807, 2.05) is 14.0 Å². The third-order valence-corrected chi connectivity index (χ3v) is 4.79. The van der Waals surface area contributed by atoms with E-state index in [0.717, 1.165) is 33.7 Å². The fraction of sp³-hybridized carbons (Fsp3) is 0.750. The zero-order chi connectivity index (χ0) is 16.3. The molecule has 0 bridgehead atoms. The van der Waals surface area contributed by atoms with Crippen molar-refractivity contribution >= 4 is 28.4 Å². The highest BCUT2D eigenvalue weighted by atomic mass is 127. The topological polar surface area (TPSA) is 47.0 Å². The van der Waals surface area contributed by atoms with Gasteiger partial charge >= 0.3 is 0 Å². The van der Waals surface area contributed by atoms with Crippen molar-refractivity contribution in [1.29, 1.82) is 0 Å². The van der Waals surface area contributed by atoms with Gasteiger partial charge in [-0.25, -0.2) is 9.97 Å². The first-order chi connectivity index (χ1) is 9.75. The summed E-state index contributed by atoms with van der Waals surface area (Å²) in [5.41, 5.74) is 0.646. The van der Waals surface area contributed by atoms with E-state index in [9.17, 15) is 0 Å². The predicted molar refractivity (Wildman–Crippen MR) is 96.9 cm³/mol. The van der Waals surface area contributed by atoms with Crippen molar-refractivity contribution in [3.05, 3.63) is 15.1 Å². The monoisotopic (exact) mass is 405 g/mol. The molecule has 4 nitrogen and oxygen atoms in total. The highest BCUT2D eigenvalue weighted by Crippen LogP contribution is 2.35. The van der Waals surface area contributed by atoms with Gasteiger partial charge in [-0.3, -0.25) is 0 Å². The number of halogens is 1. The van der Waals surface area contributed by atoms with E-state index < -0.39 is 5.60 Å². The number of hydrogen-bond acceptors (Lipinski definition) is 4. The SMILES string of the molecule is CCOC(CC)(CC)c1nc(NC)c(I)c(C(C)(C)C)n1. The van der Waals surface area contributed by atoms with Crippen LogP contribution < -0.4 is 5.32 Å². The van der Waals surface area contributed by atoms with Crippen LogP contribution >= 0.6 is 22.6 Å². The van der Waals surface area contributed by atoms with Crippen molar-refractivity contribution < 1.29 is 4.74 Å². The van der Waals surface area contributed by atoms with Crippen molar-refractivity contribution in [3.8, 4) is 0 Å². The number of hydrogen-bond donors (Lipinski definition) is 1. The van der Waals surface area contributed by atoms with E-state index in [1.54, 1.807) is 0 Å². The van der Waals surface area contributed by atoms with Gasteiger partial charge in [0.1, 0.15) is 11.4 Å². The Hall–Kier alpha value is -0.430. The third-order valence-electron chi connectivity index (χ3n) is 3.77. The molecule has 5 heteroatoms. The molecule has 0 atom stereocenters. The molecule has 120 valence electrons. The molecule has 1 aromatic rings. The lowest BCUT2D eigenvalue weighted by Crippen LogP contribution is -2.33. The van der Waals surface area contributed by atoms with Gasteiger partial charge in [-0.2, -0.15) is 0 Å². The Bertz CT molecular complexity index is 479. The average Bonchev–Trinajstić information content (AvgIpc) is 2.44. The van der Waals surface area contributed by atoms with Crippen LogP contribution in [0.2, 0.25) is 0 Å². The van der Waals surface area contributed by atoms with E-state index in [1.165, 1.54) is 0 Å². The molecular formula is C16H28IN3O. The number of nitrogens with one attached hydrogen (secondary N) is 1. The van der Waals surface area contributed by atoms with Gasteiger partial charge in [0.05, 0.1) is 9.26 Å². The van der Waals surface area contributed by atoms with E-state index in [2.05, 4.69) is 62.5 Å². The molecule has 0 radical (unpaired) electrons. The summed E-state index contributed by atoms with van der Waals surface area (Å²) in [6.45, 7) is 13.5. The summed E-state index contributed by atoms with van der Waals surface area (Å²) >= 11 is 2.33. The Morgan fingerprint density at radius 3 is 2.05 bits per heavy atom. The zero-order valence-electron chi connectivity index (χ0n) is 14.3. The lowest BCUT2D eigenvalue weighted by atomic mass is 9.90. The van der Waals surface area contributed by atoms with Crippen LogP contribution in [0.15, 0.2) is 0 Å². The molecule has 0 aromatic carbocycles. The van der Waals surface area contributed by atoms with Gasteiger partial charge in [-0.05, 0) is 42.4 Å². The van der Waals surface area contributed by atoms with Gasteiger partial charge in [-0.1, -0.05) is 34.6 Å². The van der Waals surface area contributed by atoms with Gasteiger partial charge in [0, 0.05) is 19.1 Å². The summed E-state index contributed by atoms with van der Waals surface area (Å²) in [7, 11) is 1.90. The minimum atomic E-state index is -0.398. The minimum Gasteiger partial charge on any atom is -0.372 e. The minimum absolute atomic E-state index is 0.0285. The summed E-state index contributed by atoms with van der Waals surface area (Å²) in [5, 5.41) is 3.20. The molecule has 1 heterocycles. The lowest BCUT2D eigenvalue weighted by Gasteiger charge is -2.32. The summed E-state index contributed by atoms with van der Waals surface area (Å²) in [4.78, 5) is 9.64.